The van der Waals surface area contributed by atoms with Crippen LogP contribution in [-0.2, 0) is 11.8 Å². The van der Waals surface area contributed by atoms with Gasteiger partial charge in [0.05, 0.1) is 7.11 Å². The summed E-state index contributed by atoms with van der Waals surface area (Å²) < 4.78 is 14.1. The van der Waals surface area contributed by atoms with Gasteiger partial charge < -0.3 is 19.4 Å². The third kappa shape index (κ3) is 5.08. The second kappa shape index (κ2) is 9.30. The summed E-state index contributed by atoms with van der Waals surface area (Å²) >= 11 is 0. The van der Waals surface area contributed by atoms with Crippen molar-refractivity contribution in [2.45, 2.75) is 26.3 Å². The number of anilines is 1. The van der Waals surface area contributed by atoms with E-state index in [1.807, 2.05) is 26.0 Å². The minimum atomic E-state index is -0.667. The van der Waals surface area contributed by atoms with Crippen LogP contribution in [0.5, 0.6) is 17.2 Å². The molecule has 8 heteroatoms. The van der Waals surface area contributed by atoms with E-state index in [1.54, 1.807) is 55.5 Å². The van der Waals surface area contributed by atoms with Crippen molar-refractivity contribution in [1.82, 2.24) is 14.3 Å². The van der Waals surface area contributed by atoms with Gasteiger partial charge in [-0.1, -0.05) is 26.0 Å². The van der Waals surface area contributed by atoms with Crippen molar-refractivity contribution in [2.75, 3.05) is 12.4 Å². The average Bonchev–Trinajstić information content (AvgIpc) is 3.11. The van der Waals surface area contributed by atoms with Gasteiger partial charge in [0.2, 0.25) is 5.91 Å². The van der Waals surface area contributed by atoms with Crippen LogP contribution in [0.2, 0.25) is 0 Å². The van der Waals surface area contributed by atoms with E-state index >= 15 is 0 Å². The van der Waals surface area contributed by atoms with Crippen LogP contribution in [0.15, 0.2) is 59.7 Å². The van der Waals surface area contributed by atoms with Crippen molar-refractivity contribution in [3.63, 3.8) is 0 Å². The first-order valence-electron chi connectivity index (χ1n) is 9.71. The molecule has 0 bridgehead atoms. The van der Waals surface area contributed by atoms with Gasteiger partial charge in [-0.15, -0.1) is 0 Å². The lowest BCUT2D eigenvalue weighted by molar-refractivity contribution is -0.119. The molecular formula is C22H26N4O4. The first kappa shape index (κ1) is 21.2. The number of benzene rings is 1. The highest BCUT2D eigenvalue weighted by Gasteiger charge is 2.23. The number of rotatable bonds is 8. The van der Waals surface area contributed by atoms with E-state index in [0.717, 1.165) is 0 Å². The maximum absolute atomic E-state index is 12.9. The molecule has 0 aliphatic rings. The Morgan fingerprint density at radius 1 is 1.13 bits per heavy atom. The minimum Gasteiger partial charge on any atom is -0.493 e. The summed E-state index contributed by atoms with van der Waals surface area (Å²) in [6, 6.07) is 11.3. The van der Waals surface area contributed by atoms with Gasteiger partial charge in [-0.2, -0.15) is 5.10 Å². The van der Waals surface area contributed by atoms with E-state index in [0.29, 0.717) is 29.5 Å². The third-order valence-corrected chi connectivity index (χ3v) is 4.51. The maximum atomic E-state index is 12.9. The summed E-state index contributed by atoms with van der Waals surface area (Å²) in [5, 5.41) is 6.96. The van der Waals surface area contributed by atoms with E-state index < -0.39 is 6.04 Å². The normalized spacial score (nSPS) is 11.9. The Kier molecular flexibility index (Phi) is 6.56. The highest BCUT2D eigenvalue weighted by molar-refractivity contribution is 5.92. The molecule has 3 rings (SSSR count). The molecule has 0 spiro atoms. The zero-order chi connectivity index (χ0) is 21.7. The fourth-order valence-electron chi connectivity index (χ4n) is 3.11. The third-order valence-electron chi connectivity index (χ3n) is 4.51. The summed E-state index contributed by atoms with van der Waals surface area (Å²) in [5.41, 5.74) is -0.329. The first-order chi connectivity index (χ1) is 14.4. The van der Waals surface area contributed by atoms with Gasteiger partial charge in [-0.25, -0.2) is 0 Å². The standard InChI is InChI=1S/C22H26N4O4/c1-15(2)13-17(22(28)23-20-10-11-25(3)24-20)26-12-9-16(14-21(26)27)30-19-8-6-5-7-18(19)29-4/h5-12,14-15,17H,13H2,1-4H3,(H,23,24,28). The van der Waals surface area contributed by atoms with E-state index in [9.17, 15) is 9.59 Å². The Bertz CT molecular complexity index is 1070. The lowest BCUT2D eigenvalue weighted by Gasteiger charge is -2.21. The molecule has 0 radical (unpaired) electrons. The first-order valence-corrected chi connectivity index (χ1v) is 9.71. The van der Waals surface area contributed by atoms with Crippen LogP contribution in [0.25, 0.3) is 0 Å². The molecule has 1 amide bonds. The number of amides is 1. The molecule has 8 nitrogen and oxygen atoms in total. The Hall–Kier alpha value is -3.55. The summed E-state index contributed by atoms with van der Waals surface area (Å²) in [6.45, 7) is 4.01. The van der Waals surface area contributed by atoms with Crippen molar-refractivity contribution < 1.29 is 14.3 Å². The molecule has 30 heavy (non-hydrogen) atoms. The molecule has 0 aliphatic heterocycles. The summed E-state index contributed by atoms with van der Waals surface area (Å²) in [4.78, 5) is 25.7. The minimum absolute atomic E-state index is 0.209. The van der Waals surface area contributed by atoms with Gasteiger partial charge in [-0.3, -0.25) is 14.3 Å². The Balaban J connectivity index is 1.85. The number of carbonyl (C=O) groups is 1. The van der Waals surface area contributed by atoms with Crippen molar-refractivity contribution in [1.29, 1.82) is 0 Å². The molecule has 158 valence electrons. The number of nitrogens with one attached hydrogen (secondary N) is 1. The van der Waals surface area contributed by atoms with E-state index in [2.05, 4.69) is 10.4 Å². The Morgan fingerprint density at radius 2 is 1.87 bits per heavy atom. The number of pyridine rings is 1. The zero-order valence-corrected chi connectivity index (χ0v) is 17.5. The molecule has 1 aromatic carbocycles. The number of aryl methyl sites for hydroxylation is 1. The van der Waals surface area contributed by atoms with Crippen LogP contribution in [0.1, 0.15) is 26.3 Å². The number of nitrogens with zero attached hydrogens (tertiary/aromatic N) is 3. The van der Waals surface area contributed by atoms with Crippen LogP contribution in [0, 0.1) is 5.92 Å². The number of hydrogen-bond donors (Lipinski definition) is 1. The monoisotopic (exact) mass is 410 g/mol. The molecular weight excluding hydrogens is 384 g/mol. The van der Waals surface area contributed by atoms with Crippen LogP contribution in [-0.4, -0.2) is 27.4 Å². The van der Waals surface area contributed by atoms with Crippen LogP contribution >= 0.6 is 0 Å². The van der Waals surface area contributed by atoms with Crippen LogP contribution < -0.4 is 20.3 Å². The predicted octanol–water partition coefficient (Wildman–Crippen LogP) is 3.61. The van der Waals surface area contributed by atoms with E-state index in [1.165, 1.54) is 10.6 Å². The number of carbonyl (C=O) groups excluding carboxylic acids is 1. The van der Waals surface area contributed by atoms with Crippen molar-refractivity contribution in [3.8, 4) is 17.2 Å². The molecule has 1 atom stereocenters. The predicted molar refractivity (Wildman–Crippen MR) is 114 cm³/mol. The van der Waals surface area contributed by atoms with Gasteiger partial charge in [-0.05, 0) is 30.5 Å². The highest BCUT2D eigenvalue weighted by Crippen LogP contribution is 2.30. The molecule has 0 fully saturated rings. The van der Waals surface area contributed by atoms with Crippen molar-refractivity contribution in [3.05, 3.63) is 65.2 Å². The smallest absolute Gasteiger partial charge is 0.254 e. The Labute approximate surface area is 175 Å². The second-order valence-electron chi connectivity index (χ2n) is 7.37. The zero-order valence-electron chi connectivity index (χ0n) is 17.5. The van der Waals surface area contributed by atoms with Crippen LogP contribution in [0.3, 0.4) is 0 Å². The van der Waals surface area contributed by atoms with Crippen molar-refractivity contribution >= 4 is 11.7 Å². The number of para-hydroxylation sites is 2. The lowest BCUT2D eigenvalue weighted by Crippen LogP contribution is -2.33. The average molecular weight is 410 g/mol. The number of ether oxygens (including phenoxy) is 2. The van der Waals surface area contributed by atoms with Crippen molar-refractivity contribution in [2.24, 2.45) is 13.0 Å². The highest BCUT2D eigenvalue weighted by atomic mass is 16.5. The van der Waals surface area contributed by atoms with E-state index in [-0.39, 0.29) is 17.4 Å². The molecule has 0 saturated heterocycles. The van der Waals surface area contributed by atoms with Crippen LogP contribution in [0.4, 0.5) is 5.82 Å². The molecule has 1 N–H and O–H groups in total. The quantitative estimate of drug-likeness (QED) is 0.613. The van der Waals surface area contributed by atoms with Gasteiger partial charge in [0.15, 0.2) is 17.3 Å². The topological polar surface area (TPSA) is 87.4 Å². The van der Waals surface area contributed by atoms with Gasteiger partial charge in [0.1, 0.15) is 11.8 Å². The molecule has 0 saturated carbocycles. The summed E-state index contributed by atoms with van der Waals surface area (Å²) in [7, 11) is 3.32. The van der Waals surface area contributed by atoms with Gasteiger partial charge in [0, 0.05) is 31.6 Å². The van der Waals surface area contributed by atoms with E-state index in [4.69, 9.17) is 9.47 Å². The lowest BCUT2D eigenvalue weighted by atomic mass is 10.0. The maximum Gasteiger partial charge on any atom is 0.254 e. The number of aromatic nitrogens is 3. The fraction of sp³-hybridized carbons (Fsp3) is 0.318. The summed E-state index contributed by atoms with van der Waals surface area (Å²) in [6.07, 6.45) is 3.83. The summed E-state index contributed by atoms with van der Waals surface area (Å²) in [5.74, 6) is 1.80. The molecule has 2 heterocycles. The SMILES string of the molecule is COc1ccccc1Oc1ccn(C(CC(C)C)C(=O)Nc2ccn(C)n2)c(=O)c1. The number of hydrogen-bond acceptors (Lipinski definition) is 5. The second-order valence-corrected chi connectivity index (χ2v) is 7.37. The fourth-order valence-corrected chi connectivity index (χ4v) is 3.11. The Morgan fingerprint density at radius 3 is 2.47 bits per heavy atom. The van der Waals surface area contributed by atoms with Gasteiger partial charge >= 0.3 is 0 Å². The van der Waals surface area contributed by atoms with Gasteiger partial charge in [0.25, 0.3) is 5.56 Å². The molecule has 1 unspecified atom stereocenters. The molecule has 2 aromatic heterocycles. The molecule has 3 aromatic rings. The molecule has 0 aliphatic carbocycles. The largest absolute Gasteiger partial charge is 0.493 e. The number of methoxy groups -OCH3 is 1.